The lowest BCUT2D eigenvalue weighted by molar-refractivity contribution is -0.121. The molecule has 124 valence electrons. The molecule has 0 aromatic heterocycles. The third-order valence-electron chi connectivity index (χ3n) is 3.57. The second kappa shape index (κ2) is 6.66. The van der Waals surface area contributed by atoms with Gasteiger partial charge in [-0.3, -0.25) is 9.59 Å². The minimum Gasteiger partial charge on any atom is -0.482 e. The number of hydrogen-bond acceptors (Lipinski definition) is 3. The SMILES string of the molecule is O=C(CCN1C(=O)COc2ccccc21)Nc1ccc(F)c(F)c1. The Morgan fingerprint density at radius 2 is 1.96 bits per heavy atom. The summed E-state index contributed by atoms with van der Waals surface area (Å²) >= 11 is 0. The van der Waals surface area contributed by atoms with E-state index in [2.05, 4.69) is 5.32 Å². The summed E-state index contributed by atoms with van der Waals surface area (Å²) in [7, 11) is 0. The number of para-hydroxylation sites is 2. The largest absolute Gasteiger partial charge is 0.482 e. The number of carbonyl (C=O) groups is 2. The molecule has 0 spiro atoms. The lowest BCUT2D eigenvalue weighted by Gasteiger charge is -2.29. The predicted molar refractivity (Wildman–Crippen MR) is 83.9 cm³/mol. The smallest absolute Gasteiger partial charge is 0.265 e. The molecule has 0 atom stereocenters. The molecule has 1 aliphatic rings. The highest BCUT2D eigenvalue weighted by Crippen LogP contribution is 2.31. The van der Waals surface area contributed by atoms with Crippen molar-refractivity contribution in [3.05, 3.63) is 54.1 Å². The Bertz CT molecular complexity index is 795. The van der Waals surface area contributed by atoms with Crippen LogP contribution in [0.15, 0.2) is 42.5 Å². The standard InChI is InChI=1S/C17H14F2N2O3/c18-12-6-5-11(9-13(12)19)20-16(22)7-8-21-14-3-1-2-4-15(14)24-10-17(21)23/h1-6,9H,7-8,10H2,(H,20,22). The molecule has 24 heavy (non-hydrogen) atoms. The Hall–Kier alpha value is -2.96. The zero-order valence-corrected chi connectivity index (χ0v) is 12.6. The van der Waals surface area contributed by atoms with Gasteiger partial charge >= 0.3 is 0 Å². The first kappa shape index (κ1) is 15.9. The van der Waals surface area contributed by atoms with Gasteiger partial charge in [0.15, 0.2) is 18.2 Å². The number of rotatable bonds is 4. The molecule has 0 unspecified atom stereocenters. The summed E-state index contributed by atoms with van der Waals surface area (Å²) in [5, 5.41) is 2.47. The maximum Gasteiger partial charge on any atom is 0.265 e. The van der Waals surface area contributed by atoms with Crippen molar-refractivity contribution in [2.45, 2.75) is 6.42 Å². The number of hydrogen-bond donors (Lipinski definition) is 1. The van der Waals surface area contributed by atoms with E-state index in [0.717, 1.165) is 12.1 Å². The molecule has 1 N–H and O–H groups in total. The average Bonchev–Trinajstić information content (AvgIpc) is 2.57. The van der Waals surface area contributed by atoms with Crippen molar-refractivity contribution in [3.8, 4) is 5.75 Å². The monoisotopic (exact) mass is 332 g/mol. The van der Waals surface area contributed by atoms with Gasteiger partial charge in [-0.1, -0.05) is 12.1 Å². The highest BCUT2D eigenvalue weighted by atomic mass is 19.2. The van der Waals surface area contributed by atoms with Crippen LogP contribution in [-0.2, 0) is 9.59 Å². The van der Waals surface area contributed by atoms with Crippen molar-refractivity contribution in [3.63, 3.8) is 0 Å². The third kappa shape index (κ3) is 3.34. The number of fused-ring (bicyclic) bond motifs is 1. The van der Waals surface area contributed by atoms with Crippen LogP contribution in [0.4, 0.5) is 20.2 Å². The quantitative estimate of drug-likeness (QED) is 0.936. The van der Waals surface area contributed by atoms with Crippen molar-refractivity contribution in [1.82, 2.24) is 0 Å². The Morgan fingerprint density at radius 3 is 2.75 bits per heavy atom. The molecule has 0 saturated carbocycles. The van der Waals surface area contributed by atoms with Gasteiger partial charge in [0.25, 0.3) is 5.91 Å². The topological polar surface area (TPSA) is 58.6 Å². The van der Waals surface area contributed by atoms with Crippen LogP contribution in [0, 0.1) is 11.6 Å². The molecule has 1 heterocycles. The highest BCUT2D eigenvalue weighted by molar-refractivity contribution is 5.99. The maximum atomic E-state index is 13.1. The Kier molecular flexibility index (Phi) is 4.41. The molecule has 1 aliphatic heterocycles. The fourth-order valence-corrected chi connectivity index (χ4v) is 2.41. The van der Waals surface area contributed by atoms with Gasteiger partial charge in [-0.15, -0.1) is 0 Å². The molecule has 7 heteroatoms. The maximum absolute atomic E-state index is 13.1. The van der Waals surface area contributed by atoms with Crippen LogP contribution in [0.3, 0.4) is 0 Å². The number of halogens is 2. The van der Waals surface area contributed by atoms with E-state index in [-0.39, 0.29) is 31.2 Å². The van der Waals surface area contributed by atoms with Crippen molar-refractivity contribution < 1.29 is 23.1 Å². The minimum absolute atomic E-state index is 0.0130. The molecule has 0 saturated heterocycles. The molecule has 2 amide bonds. The first-order valence-corrected chi connectivity index (χ1v) is 7.31. The van der Waals surface area contributed by atoms with Gasteiger partial charge in [0.05, 0.1) is 5.69 Å². The lowest BCUT2D eigenvalue weighted by Crippen LogP contribution is -2.40. The van der Waals surface area contributed by atoms with Crippen LogP contribution in [0.25, 0.3) is 0 Å². The second-order valence-electron chi connectivity index (χ2n) is 5.23. The number of nitrogens with zero attached hydrogens (tertiary/aromatic N) is 1. The fraction of sp³-hybridized carbons (Fsp3) is 0.176. The summed E-state index contributed by atoms with van der Waals surface area (Å²) in [6, 6.07) is 10.2. The van der Waals surface area contributed by atoms with E-state index < -0.39 is 17.5 Å². The number of carbonyl (C=O) groups excluding carboxylic acids is 2. The molecule has 3 rings (SSSR count). The first-order valence-electron chi connectivity index (χ1n) is 7.31. The summed E-state index contributed by atoms with van der Waals surface area (Å²) in [5.74, 6) is -2.08. The van der Waals surface area contributed by atoms with Gasteiger partial charge < -0.3 is 15.0 Å². The van der Waals surface area contributed by atoms with Crippen molar-refractivity contribution in [2.24, 2.45) is 0 Å². The summed E-state index contributed by atoms with van der Waals surface area (Å²) in [6.07, 6.45) is 0.0130. The number of amides is 2. The summed E-state index contributed by atoms with van der Waals surface area (Å²) in [6.45, 7) is 0.0799. The van der Waals surface area contributed by atoms with Crippen LogP contribution in [0.1, 0.15) is 6.42 Å². The van der Waals surface area contributed by atoms with E-state index in [9.17, 15) is 18.4 Å². The Balaban J connectivity index is 1.64. The van der Waals surface area contributed by atoms with Crippen molar-refractivity contribution in [2.75, 3.05) is 23.4 Å². The number of anilines is 2. The lowest BCUT2D eigenvalue weighted by atomic mass is 10.2. The van der Waals surface area contributed by atoms with Gasteiger partial charge in [0, 0.05) is 24.7 Å². The van der Waals surface area contributed by atoms with Crippen LogP contribution in [0.2, 0.25) is 0 Å². The van der Waals surface area contributed by atoms with Gasteiger partial charge in [0.2, 0.25) is 5.91 Å². The molecule has 0 fully saturated rings. The van der Waals surface area contributed by atoms with Gasteiger partial charge in [-0.25, -0.2) is 8.78 Å². The second-order valence-corrected chi connectivity index (χ2v) is 5.23. The molecule has 0 aliphatic carbocycles. The molecular weight excluding hydrogens is 318 g/mol. The highest BCUT2D eigenvalue weighted by Gasteiger charge is 2.25. The van der Waals surface area contributed by atoms with Crippen LogP contribution in [-0.4, -0.2) is 25.0 Å². The number of nitrogens with one attached hydrogen (secondary N) is 1. The molecule has 0 bridgehead atoms. The van der Waals surface area contributed by atoms with Gasteiger partial charge in [-0.2, -0.15) is 0 Å². The summed E-state index contributed by atoms with van der Waals surface area (Å²) in [5.41, 5.74) is 0.766. The molecule has 2 aromatic carbocycles. The van der Waals surface area contributed by atoms with Crippen molar-refractivity contribution >= 4 is 23.2 Å². The molecular formula is C17H14F2N2O3. The van der Waals surface area contributed by atoms with E-state index in [1.807, 2.05) is 0 Å². The molecule has 0 radical (unpaired) electrons. The number of benzene rings is 2. The van der Waals surface area contributed by atoms with E-state index in [0.29, 0.717) is 11.4 Å². The van der Waals surface area contributed by atoms with Gasteiger partial charge in [-0.05, 0) is 24.3 Å². The van der Waals surface area contributed by atoms with Crippen LogP contribution >= 0.6 is 0 Å². The summed E-state index contributed by atoms with van der Waals surface area (Å²) < 4.78 is 31.3. The van der Waals surface area contributed by atoms with E-state index in [4.69, 9.17) is 4.74 Å². The average molecular weight is 332 g/mol. The third-order valence-corrected chi connectivity index (χ3v) is 3.57. The predicted octanol–water partition coefficient (Wildman–Crippen LogP) is 2.72. The normalized spacial score (nSPS) is 13.2. The molecule has 5 nitrogen and oxygen atoms in total. The van der Waals surface area contributed by atoms with E-state index in [1.165, 1.54) is 11.0 Å². The van der Waals surface area contributed by atoms with Crippen molar-refractivity contribution in [1.29, 1.82) is 0 Å². The Morgan fingerprint density at radius 1 is 1.17 bits per heavy atom. The van der Waals surface area contributed by atoms with Crippen LogP contribution < -0.4 is 15.0 Å². The minimum atomic E-state index is -1.04. The zero-order chi connectivity index (χ0) is 17.1. The Labute approximate surface area is 136 Å². The number of ether oxygens (including phenoxy) is 1. The molecule has 2 aromatic rings. The van der Waals surface area contributed by atoms with E-state index in [1.54, 1.807) is 24.3 Å². The first-order chi connectivity index (χ1) is 11.5. The fourth-order valence-electron chi connectivity index (χ4n) is 2.41. The van der Waals surface area contributed by atoms with Crippen LogP contribution in [0.5, 0.6) is 5.75 Å². The summed E-state index contributed by atoms with van der Waals surface area (Å²) in [4.78, 5) is 25.4. The zero-order valence-electron chi connectivity index (χ0n) is 12.6. The van der Waals surface area contributed by atoms with Gasteiger partial charge in [0.1, 0.15) is 5.75 Å². The van der Waals surface area contributed by atoms with E-state index >= 15 is 0 Å².